The van der Waals surface area contributed by atoms with E-state index < -0.39 is 11.8 Å². The van der Waals surface area contributed by atoms with Crippen molar-refractivity contribution in [3.8, 4) is 5.75 Å². The molecule has 1 aromatic heterocycles. The molecule has 2 rings (SSSR count). The second-order valence-corrected chi connectivity index (χ2v) is 10.1. The fraction of sp³-hybridized carbons (Fsp3) is 0.600. The predicted octanol–water partition coefficient (Wildman–Crippen LogP) is 7.69. The molecule has 0 aliphatic heterocycles. The SMILES string of the molecule is CCCCCCCCCCOCC(=O)Oc1c(S)c(=S)[nH]c2c(F)cc(C(C)(C)C)cc12. The molecule has 0 radical (unpaired) electrons. The number of esters is 1. The summed E-state index contributed by atoms with van der Waals surface area (Å²) >= 11 is 9.65. The first-order valence-corrected chi connectivity index (χ1v) is 12.4. The molecule has 0 saturated carbocycles. The van der Waals surface area contributed by atoms with Gasteiger partial charge in [-0.3, -0.25) is 0 Å². The van der Waals surface area contributed by atoms with Gasteiger partial charge in [0.1, 0.15) is 17.1 Å². The van der Waals surface area contributed by atoms with E-state index in [-0.39, 0.29) is 27.9 Å². The third-order valence-electron chi connectivity index (χ3n) is 5.45. The minimum Gasteiger partial charge on any atom is -0.423 e. The van der Waals surface area contributed by atoms with Gasteiger partial charge in [0.2, 0.25) is 0 Å². The molecule has 32 heavy (non-hydrogen) atoms. The molecular formula is C25H36FNO3S2. The molecule has 0 atom stereocenters. The third-order valence-corrected chi connectivity index (χ3v) is 6.33. The Kier molecular flexibility index (Phi) is 10.6. The summed E-state index contributed by atoms with van der Waals surface area (Å²) in [5, 5.41) is 0.435. The molecule has 0 amide bonds. The van der Waals surface area contributed by atoms with Crippen LogP contribution in [0, 0.1) is 10.5 Å². The van der Waals surface area contributed by atoms with Crippen LogP contribution in [-0.4, -0.2) is 24.2 Å². The van der Waals surface area contributed by atoms with Crippen molar-refractivity contribution in [2.24, 2.45) is 0 Å². The summed E-state index contributed by atoms with van der Waals surface area (Å²) in [5.41, 5.74) is 0.700. The van der Waals surface area contributed by atoms with Crippen LogP contribution in [0.2, 0.25) is 0 Å². The summed E-state index contributed by atoms with van der Waals surface area (Å²) in [6, 6.07) is 3.29. The predicted molar refractivity (Wildman–Crippen MR) is 134 cm³/mol. The second-order valence-electron chi connectivity index (χ2n) is 9.26. The quantitative estimate of drug-likeness (QED) is 0.141. The number of carbonyl (C=O) groups is 1. The topological polar surface area (TPSA) is 51.3 Å². The van der Waals surface area contributed by atoms with Gasteiger partial charge >= 0.3 is 5.97 Å². The lowest BCUT2D eigenvalue weighted by molar-refractivity contribution is -0.139. The minimum absolute atomic E-state index is 0.165. The van der Waals surface area contributed by atoms with E-state index in [1.165, 1.54) is 44.6 Å². The second kappa shape index (κ2) is 12.7. The molecule has 0 unspecified atom stereocenters. The van der Waals surface area contributed by atoms with Gasteiger partial charge in [0, 0.05) is 12.0 Å². The van der Waals surface area contributed by atoms with Crippen molar-refractivity contribution in [1.29, 1.82) is 0 Å². The van der Waals surface area contributed by atoms with E-state index in [9.17, 15) is 9.18 Å². The summed E-state index contributed by atoms with van der Waals surface area (Å²) in [7, 11) is 0. The average Bonchev–Trinajstić information content (AvgIpc) is 2.72. The number of aromatic nitrogens is 1. The van der Waals surface area contributed by atoms with Gasteiger partial charge in [-0.25, -0.2) is 9.18 Å². The molecule has 0 fully saturated rings. The van der Waals surface area contributed by atoms with Crippen molar-refractivity contribution in [1.82, 2.24) is 4.98 Å². The van der Waals surface area contributed by atoms with Crippen LogP contribution in [0.25, 0.3) is 10.9 Å². The van der Waals surface area contributed by atoms with Crippen LogP contribution in [0.1, 0.15) is 84.6 Å². The van der Waals surface area contributed by atoms with Crippen molar-refractivity contribution in [3.05, 3.63) is 28.2 Å². The van der Waals surface area contributed by atoms with Crippen LogP contribution in [0.5, 0.6) is 5.75 Å². The molecule has 0 aliphatic rings. The molecule has 0 bridgehead atoms. The number of hydrogen-bond donors (Lipinski definition) is 2. The van der Waals surface area contributed by atoms with Gasteiger partial charge in [-0.05, 0) is 29.5 Å². The van der Waals surface area contributed by atoms with Crippen molar-refractivity contribution in [3.63, 3.8) is 0 Å². The molecule has 1 aromatic carbocycles. The van der Waals surface area contributed by atoms with E-state index in [4.69, 9.17) is 21.7 Å². The molecule has 0 spiro atoms. The molecule has 1 N–H and O–H groups in total. The number of benzene rings is 1. The lowest BCUT2D eigenvalue weighted by Crippen LogP contribution is -2.17. The highest BCUT2D eigenvalue weighted by Gasteiger charge is 2.21. The van der Waals surface area contributed by atoms with Gasteiger partial charge in [0.15, 0.2) is 5.75 Å². The number of halogens is 1. The Bertz CT molecular complexity index is 966. The van der Waals surface area contributed by atoms with Gasteiger partial charge < -0.3 is 14.5 Å². The summed E-state index contributed by atoms with van der Waals surface area (Å²) in [5.74, 6) is -0.837. The third kappa shape index (κ3) is 7.85. The van der Waals surface area contributed by atoms with Crippen LogP contribution < -0.4 is 4.74 Å². The van der Waals surface area contributed by atoms with Crippen molar-refractivity contribution < 1.29 is 18.7 Å². The number of fused-ring (bicyclic) bond motifs is 1. The molecule has 4 nitrogen and oxygen atoms in total. The number of H-pyrrole nitrogens is 1. The zero-order valence-electron chi connectivity index (χ0n) is 19.7. The van der Waals surface area contributed by atoms with E-state index in [0.29, 0.717) is 16.9 Å². The van der Waals surface area contributed by atoms with Crippen LogP contribution >= 0.6 is 24.8 Å². The number of carbonyl (C=O) groups excluding carboxylic acids is 1. The molecule has 2 aromatic rings. The number of thiol groups is 1. The van der Waals surface area contributed by atoms with Crippen LogP contribution in [0.3, 0.4) is 0 Å². The molecule has 7 heteroatoms. The standard InChI is InChI=1S/C25H36FNO3S2/c1-5-6-7-8-9-10-11-12-13-29-16-20(28)30-22-18-14-17(25(2,3)4)15-19(26)21(18)27-24(32)23(22)31/h14-15,31H,5-13,16H2,1-4H3,(H,27,32). The molecule has 178 valence electrons. The van der Waals surface area contributed by atoms with Gasteiger partial charge in [0.05, 0.1) is 10.4 Å². The fourth-order valence-electron chi connectivity index (χ4n) is 3.49. The lowest BCUT2D eigenvalue weighted by atomic mass is 9.86. The highest BCUT2D eigenvalue weighted by molar-refractivity contribution is 7.81. The summed E-state index contributed by atoms with van der Waals surface area (Å²) < 4.78 is 26.0. The Morgan fingerprint density at radius 1 is 1.09 bits per heavy atom. The minimum atomic E-state index is -0.552. The normalized spacial score (nSPS) is 11.8. The number of rotatable bonds is 12. The first-order valence-electron chi connectivity index (χ1n) is 11.5. The van der Waals surface area contributed by atoms with E-state index in [0.717, 1.165) is 18.4 Å². The number of unbranched alkanes of at least 4 members (excludes halogenated alkanes) is 7. The van der Waals surface area contributed by atoms with Gasteiger partial charge in [-0.2, -0.15) is 0 Å². The molecule has 0 saturated heterocycles. The lowest BCUT2D eigenvalue weighted by Gasteiger charge is -2.21. The summed E-state index contributed by atoms with van der Waals surface area (Å²) in [4.78, 5) is 15.6. The van der Waals surface area contributed by atoms with Crippen molar-refractivity contribution in [2.45, 2.75) is 89.4 Å². The Morgan fingerprint density at radius 3 is 2.34 bits per heavy atom. The number of aromatic amines is 1. The van der Waals surface area contributed by atoms with Crippen molar-refractivity contribution >= 4 is 41.7 Å². The maximum Gasteiger partial charge on any atom is 0.337 e. The fourth-order valence-corrected chi connectivity index (χ4v) is 3.91. The number of ether oxygens (including phenoxy) is 2. The number of hydrogen-bond acceptors (Lipinski definition) is 5. The Morgan fingerprint density at radius 2 is 1.72 bits per heavy atom. The first kappa shape index (κ1) is 26.8. The van der Waals surface area contributed by atoms with Crippen LogP contribution in [0.4, 0.5) is 4.39 Å². The smallest absolute Gasteiger partial charge is 0.337 e. The van der Waals surface area contributed by atoms with Gasteiger partial charge in [-0.1, -0.05) is 84.9 Å². The Hall–Kier alpha value is -1.44. The summed E-state index contributed by atoms with van der Waals surface area (Å²) in [6.45, 7) is 8.53. The molecule has 0 aliphatic carbocycles. The van der Waals surface area contributed by atoms with Crippen LogP contribution in [0.15, 0.2) is 17.0 Å². The zero-order valence-corrected chi connectivity index (χ0v) is 21.4. The number of nitrogens with one attached hydrogen (secondary N) is 1. The van der Waals surface area contributed by atoms with E-state index in [2.05, 4.69) is 24.5 Å². The highest BCUT2D eigenvalue weighted by Crippen LogP contribution is 2.36. The summed E-state index contributed by atoms with van der Waals surface area (Å²) in [6.07, 6.45) is 9.62. The largest absolute Gasteiger partial charge is 0.423 e. The maximum absolute atomic E-state index is 14.8. The Balaban J connectivity index is 1.97. The highest BCUT2D eigenvalue weighted by atomic mass is 32.1. The van der Waals surface area contributed by atoms with Gasteiger partial charge in [-0.15, -0.1) is 12.6 Å². The van der Waals surface area contributed by atoms with Gasteiger partial charge in [0.25, 0.3) is 0 Å². The molecular weight excluding hydrogens is 445 g/mol. The van der Waals surface area contributed by atoms with Crippen LogP contribution in [-0.2, 0) is 14.9 Å². The maximum atomic E-state index is 14.8. The molecule has 1 heterocycles. The number of pyridine rings is 1. The monoisotopic (exact) mass is 481 g/mol. The van der Waals surface area contributed by atoms with Crippen molar-refractivity contribution in [2.75, 3.05) is 13.2 Å². The van der Waals surface area contributed by atoms with E-state index >= 15 is 0 Å². The zero-order chi connectivity index (χ0) is 23.7. The average molecular weight is 482 g/mol. The van der Waals surface area contributed by atoms with E-state index in [1.807, 2.05) is 26.8 Å². The Labute approximate surface area is 201 Å². The first-order chi connectivity index (χ1) is 15.1. The van der Waals surface area contributed by atoms with E-state index in [1.54, 1.807) is 0 Å².